The van der Waals surface area contributed by atoms with Crippen LogP contribution >= 0.6 is 10.7 Å². The first-order chi connectivity index (χ1) is 7.14. The van der Waals surface area contributed by atoms with Gasteiger partial charge in [0, 0.05) is 16.7 Å². The standard InChI is InChI=1S/C7H5ClF3NO3S/c1-15-5-2-4(7(9,10)11)3-6(12-5)16(8,13)14/h2-3H,1H3. The highest BCUT2D eigenvalue weighted by Gasteiger charge is 2.33. The van der Waals surface area contributed by atoms with Gasteiger partial charge in [-0.05, 0) is 6.07 Å². The Kier molecular flexibility index (Phi) is 3.34. The Bertz CT molecular complexity index is 500. The second-order valence-corrected chi connectivity index (χ2v) is 5.18. The van der Waals surface area contributed by atoms with E-state index >= 15 is 0 Å². The van der Waals surface area contributed by atoms with Crippen molar-refractivity contribution in [3.05, 3.63) is 17.7 Å². The summed E-state index contributed by atoms with van der Waals surface area (Å²) in [6, 6.07) is 0.913. The van der Waals surface area contributed by atoms with Crippen LogP contribution in [0.3, 0.4) is 0 Å². The summed E-state index contributed by atoms with van der Waals surface area (Å²) < 4.78 is 63.2. The Morgan fingerprint density at radius 2 is 1.94 bits per heavy atom. The molecular formula is C7H5ClF3NO3S. The fraction of sp³-hybridized carbons (Fsp3) is 0.286. The van der Waals surface area contributed by atoms with Crippen molar-refractivity contribution in [2.24, 2.45) is 0 Å². The summed E-state index contributed by atoms with van der Waals surface area (Å²) in [6.07, 6.45) is -4.70. The van der Waals surface area contributed by atoms with Gasteiger partial charge in [-0.3, -0.25) is 0 Å². The molecule has 0 bridgehead atoms. The van der Waals surface area contributed by atoms with E-state index in [4.69, 9.17) is 10.7 Å². The number of hydrogen-bond acceptors (Lipinski definition) is 4. The molecule has 0 aliphatic carbocycles. The van der Waals surface area contributed by atoms with E-state index in [2.05, 4.69) is 9.72 Å². The van der Waals surface area contributed by atoms with Crippen molar-refractivity contribution < 1.29 is 26.3 Å². The van der Waals surface area contributed by atoms with E-state index in [9.17, 15) is 21.6 Å². The molecule has 9 heteroatoms. The predicted octanol–water partition coefficient (Wildman–Crippen LogP) is 2.04. The van der Waals surface area contributed by atoms with Gasteiger partial charge in [-0.25, -0.2) is 13.4 Å². The molecule has 1 rings (SSSR count). The SMILES string of the molecule is COc1cc(C(F)(F)F)cc(S(=O)(=O)Cl)n1. The Morgan fingerprint density at radius 1 is 1.38 bits per heavy atom. The predicted molar refractivity (Wildman–Crippen MR) is 48.8 cm³/mol. The van der Waals surface area contributed by atoms with Crippen molar-refractivity contribution in [1.82, 2.24) is 4.98 Å². The molecular weight excluding hydrogens is 271 g/mol. The number of rotatable bonds is 2. The summed E-state index contributed by atoms with van der Waals surface area (Å²) in [4.78, 5) is 3.29. The van der Waals surface area contributed by atoms with Gasteiger partial charge in [-0.1, -0.05) is 0 Å². The number of ether oxygens (including phenoxy) is 1. The third-order valence-electron chi connectivity index (χ3n) is 1.56. The van der Waals surface area contributed by atoms with E-state index in [1.807, 2.05) is 0 Å². The van der Waals surface area contributed by atoms with Crippen LogP contribution in [0.25, 0.3) is 0 Å². The van der Waals surface area contributed by atoms with Gasteiger partial charge in [0.2, 0.25) is 5.88 Å². The van der Waals surface area contributed by atoms with E-state index in [1.165, 1.54) is 0 Å². The largest absolute Gasteiger partial charge is 0.481 e. The van der Waals surface area contributed by atoms with Crippen molar-refractivity contribution in [3.8, 4) is 5.88 Å². The molecule has 0 N–H and O–H groups in total. The van der Waals surface area contributed by atoms with Crippen molar-refractivity contribution >= 4 is 19.7 Å². The zero-order valence-electron chi connectivity index (χ0n) is 7.75. The molecule has 0 amide bonds. The second kappa shape index (κ2) is 4.10. The first-order valence-electron chi connectivity index (χ1n) is 3.72. The molecule has 1 aromatic heterocycles. The van der Waals surface area contributed by atoms with Crippen LogP contribution in [0.4, 0.5) is 13.2 Å². The maximum Gasteiger partial charge on any atom is 0.416 e. The van der Waals surface area contributed by atoms with Crippen LogP contribution in [0.1, 0.15) is 5.56 Å². The summed E-state index contributed by atoms with van der Waals surface area (Å²) in [5.74, 6) is -0.478. The van der Waals surface area contributed by atoms with Crippen molar-refractivity contribution in [1.29, 1.82) is 0 Å². The number of hydrogen-bond donors (Lipinski definition) is 0. The van der Waals surface area contributed by atoms with E-state index < -0.39 is 31.7 Å². The first-order valence-corrected chi connectivity index (χ1v) is 6.03. The molecule has 0 radical (unpaired) electrons. The number of halogens is 4. The van der Waals surface area contributed by atoms with Gasteiger partial charge in [0.15, 0.2) is 5.03 Å². The molecule has 90 valence electrons. The monoisotopic (exact) mass is 275 g/mol. The van der Waals surface area contributed by atoms with E-state index in [1.54, 1.807) is 0 Å². The lowest BCUT2D eigenvalue weighted by atomic mass is 10.2. The summed E-state index contributed by atoms with van der Waals surface area (Å²) in [5.41, 5.74) is -1.20. The minimum absolute atomic E-state index is 0.338. The average molecular weight is 276 g/mol. The zero-order valence-corrected chi connectivity index (χ0v) is 9.32. The smallest absolute Gasteiger partial charge is 0.416 e. The molecule has 0 atom stereocenters. The summed E-state index contributed by atoms with van der Waals surface area (Å²) in [6.45, 7) is 0. The molecule has 0 aliphatic rings. The fourth-order valence-corrected chi connectivity index (χ4v) is 1.58. The maximum atomic E-state index is 12.4. The molecule has 0 aliphatic heterocycles. The van der Waals surface area contributed by atoms with Crippen molar-refractivity contribution in [2.75, 3.05) is 7.11 Å². The Balaban J connectivity index is 3.45. The van der Waals surface area contributed by atoms with Gasteiger partial charge in [0.25, 0.3) is 9.05 Å². The number of nitrogens with zero attached hydrogens (tertiary/aromatic N) is 1. The van der Waals surface area contributed by atoms with E-state index in [0.717, 1.165) is 7.11 Å². The van der Waals surface area contributed by atoms with Gasteiger partial charge < -0.3 is 4.74 Å². The molecule has 4 nitrogen and oxygen atoms in total. The Hall–Kier alpha value is -1.02. The Labute approximate surface area is 93.4 Å². The van der Waals surface area contributed by atoms with Gasteiger partial charge in [0.05, 0.1) is 12.7 Å². The van der Waals surface area contributed by atoms with Gasteiger partial charge in [0.1, 0.15) is 0 Å². The van der Waals surface area contributed by atoms with Crippen molar-refractivity contribution in [3.63, 3.8) is 0 Å². The fourth-order valence-electron chi connectivity index (χ4n) is 0.874. The third-order valence-corrected chi connectivity index (χ3v) is 2.75. The molecule has 0 unspecified atom stereocenters. The summed E-state index contributed by atoms with van der Waals surface area (Å²) in [5, 5.41) is -0.902. The highest BCUT2D eigenvalue weighted by molar-refractivity contribution is 8.13. The lowest BCUT2D eigenvalue weighted by Gasteiger charge is -2.09. The highest BCUT2D eigenvalue weighted by atomic mass is 35.7. The summed E-state index contributed by atoms with van der Waals surface area (Å²) >= 11 is 0. The average Bonchev–Trinajstić information content (AvgIpc) is 2.14. The van der Waals surface area contributed by atoms with E-state index in [-0.39, 0.29) is 0 Å². The van der Waals surface area contributed by atoms with Crippen molar-refractivity contribution in [2.45, 2.75) is 11.2 Å². The quantitative estimate of drug-likeness (QED) is 0.775. The lowest BCUT2D eigenvalue weighted by molar-refractivity contribution is -0.137. The maximum absolute atomic E-state index is 12.4. The Morgan fingerprint density at radius 3 is 2.31 bits per heavy atom. The molecule has 0 saturated heterocycles. The number of aromatic nitrogens is 1. The van der Waals surface area contributed by atoms with Crippen LogP contribution in [0.2, 0.25) is 0 Å². The highest BCUT2D eigenvalue weighted by Crippen LogP contribution is 2.32. The molecule has 0 fully saturated rings. The first kappa shape index (κ1) is 13.0. The molecule has 0 saturated carbocycles. The number of pyridine rings is 1. The zero-order chi connectivity index (χ0) is 12.6. The topological polar surface area (TPSA) is 56.3 Å². The molecule has 1 heterocycles. The minimum atomic E-state index is -4.70. The van der Waals surface area contributed by atoms with E-state index in [0.29, 0.717) is 12.1 Å². The van der Waals surface area contributed by atoms with Crippen LogP contribution in [0, 0.1) is 0 Å². The van der Waals surface area contributed by atoms with Gasteiger partial charge >= 0.3 is 6.18 Å². The number of alkyl halides is 3. The third kappa shape index (κ3) is 2.99. The number of methoxy groups -OCH3 is 1. The molecule has 1 aromatic rings. The minimum Gasteiger partial charge on any atom is -0.481 e. The van der Waals surface area contributed by atoms with Crippen LogP contribution in [0.5, 0.6) is 5.88 Å². The summed E-state index contributed by atoms with van der Waals surface area (Å²) in [7, 11) is 1.62. The van der Waals surface area contributed by atoms with Crippen LogP contribution in [-0.4, -0.2) is 20.5 Å². The molecule has 0 spiro atoms. The lowest BCUT2D eigenvalue weighted by Crippen LogP contribution is -2.08. The van der Waals surface area contributed by atoms with Gasteiger partial charge in [-0.15, -0.1) is 0 Å². The molecule has 0 aromatic carbocycles. The van der Waals surface area contributed by atoms with Crippen LogP contribution in [0.15, 0.2) is 17.2 Å². The second-order valence-electron chi connectivity index (χ2n) is 2.67. The van der Waals surface area contributed by atoms with Gasteiger partial charge in [-0.2, -0.15) is 13.2 Å². The molecule has 16 heavy (non-hydrogen) atoms. The van der Waals surface area contributed by atoms with Crippen LogP contribution < -0.4 is 4.74 Å². The van der Waals surface area contributed by atoms with Crippen LogP contribution in [-0.2, 0) is 15.2 Å². The normalized spacial score (nSPS) is 12.6.